The number of methoxy groups -OCH3 is 1. The quantitative estimate of drug-likeness (QED) is 0.373. The molecule has 3 rings (SSSR count). The van der Waals surface area contributed by atoms with Crippen molar-refractivity contribution in [2.75, 3.05) is 26.8 Å². The van der Waals surface area contributed by atoms with Gasteiger partial charge in [-0.2, -0.15) is 5.10 Å². The molecule has 1 aromatic carbocycles. The van der Waals surface area contributed by atoms with Crippen LogP contribution >= 0.6 is 0 Å². The minimum absolute atomic E-state index is 0.259. The number of aryl methyl sites for hydroxylation is 1. The van der Waals surface area contributed by atoms with E-state index >= 15 is 0 Å². The molecule has 1 atom stereocenters. The maximum absolute atomic E-state index is 5.99. The number of fused-ring (bicyclic) bond motifs is 1. The zero-order valence-electron chi connectivity index (χ0n) is 18.5. The Morgan fingerprint density at radius 2 is 2.17 bits per heavy atom. The van der Waals surface area contributed by atoms with Gasteiger partial charge in [0, 0.05) is 26.1 Å². The fourth-order valence-corrected chi connectivity index (χ4v) is 3.58. The molecule has 2 aromatic rings. The van der Waals surface area contributed by atoms with Gasteiger partial charge >= 0.3 is 0 Å². The van der Waals surface area contributed by atoms with Gasteiger partial charge in [0.15, 0.2) is 11.8 Å². The van der Waals surface area contributed by atoms with Gasteiger partial charge in [-0.25, -0.2) is 14.7 Å². The average molecular weight is 415 g/mol. The molecule has 0 aliphatic carbocycles. The lowest BCUT2D eigenvalue weighted by molar-refractivity contribution is 0.177. The van der Waals surface area contributed by atoms with Crippen LogP contribution in [-0.4, -0.2) is 53.6 Å². The summed E-state index contributed by atoms with van der Waals surface area (Å²) in [6.07, 6.45) is 1.89. The molecule has 0 amide bonds. The summed E-state index contributed by atoms with van der Waals surface area (Å²) >= 11 is 0. The highest BCUT2D eigenvalue weighted by molar-refractivity contribution is 5.80. The van der Waals surface area contributed by atoms with Crippen molar-refractivity contribution in [3.63, 3.8) is 0 Å². The van der Waals surface area contributed by atoms with Gasteiger partial charge in [0.25, 0.3) is 0 Å². The van der Waals surface area contributed by atoms with Crippen molar-refractivity contribution < 1.29 is 9.47 Å². The summed E-state index contributed by atoms with van der Waals surface area (Å²) in [6.45, 7) is 9.57. The zero-order chi connectivity index (χ0) is 21.3. The Bertz CT molecular complexity index is 833. The van der Waals surface area contributed by atoms with E-state index in [2.05, 4.69) is 53.6 Å². The molecule has 30 heavy (non-hydrogen) atoms. The van der Waals surface area contributed by atoms with Crippen molar-refractivity contribution in [1.29, 1.82) is 0 Å². The lowest BCUT2D eigenvalue weighted by Crippen LogP contribution is -2.47. The summed E-state index contributed by atoms with van der Waals surface area (Å²) in [5.41, 5.74) is 1.23. The molecule has 1 unspecified atom stereocenters. The summed E-state index contributed by atoms with van der Waals surface area (Å²) in [5, 5.41) is 11.4. The van der Waals surface area contributed by atoms with Gasteiger partial charge in [0.1, 0.15) is 24.8 Å². The van der Waals surface area contributed by atoms with E-state index in [0.29, 0.717) is 25.7 Å². The van der Waals surface area contributed by atoms with Crippen LogP contribution in [-0.2, 0) is 24.3 Å². The second-order valence-electron chi connectivity index (χ2n) is 7.74. The molecule has 0 saturated carbocycles. The van der Waals surface area contributed by atoms with Crippen LogP contribution in [0.3, 0.4) is 0 Å². The smallest absolute Gasteiger partial charge is 0.191 e. The molecular weight excluding hydrogens is 380 g/mol. The Labute approximate surface area is 179 Å². The molecule has 2 N–H and O–H groups in total. The number of hydrogen-bond acceptors (Lipinski definition) is 5. The van der Waals surface area contributed by atoms with Gasteiger partial charge in [-0.1, -0.05) is 32.0 Å². The van der Waals surface area contributed by atoms with E-state index in [1.54, 1.807) is 7.11 Å². The predicted octanol–water partition coefficient (Wildman–Crippen LogP) is 2.50. The Kier molecular flexibility index (Phi) is 8.07. The molecular formula is C22H34N6O2. The molecule has 1 aliphatic heterocycles. The molecule has 8 nitrogen and oxygen atoms in total. The van der Waals surface area contributed by atoms with Crippen LogP contribution < -0.4 is 15.4 Å². The summed E-state index contributed by atoms with van der Waals surface area (Å²) in [7, 11) is 1.66. The number of aromatic nitrogens is 3. The third-order valence-electron chi connectivity index (χ3n) is 5.02. The second-order valence-corrected chi connectivity index (χ2v) is 7.74. The SMILES string of the molecule is CCNC(=NCCOc1ccccc1C(C)C)NC1CCc2nc(COC)nn2C1. The Balaban J connectivity index is 1.53. The fourth-order valence-electron chi connectivity index (χ4n) is 3.58. The maximum atomic E-state index is 5.99. The van der Waals surface area contributed by atoms with Crippen LogP contribution in [0.15, 0.2) is 29.3 Å². The molecule has 0 radical (unpaired) electrons. The first-order valence-corrected chi connectivity index (χ1v) is 10.8. The van der Waals surface area contributed by atoms with Crippen molar-refractivity contribution in [2.45, 2.75) is 58.7 Å². The third-order valence-corrected chi connectivity index (χ3v) is 5.02. The van der Waals surface area contributed by atoms with Gasteiger partial charge in [0.05, 0.1) is 13.1 Å². The highest BCUT2D eigenvalue weighted by atomic mass is 16.5. The van der Waals surface area contributed by atoms with Crippen LogP contribution in [0.25, 0.3) is 0 Å². The topological polar surface area (TPSA) is 85.6 Å². The van der Waals surface area contributed by atoms with Crippen molar-refractivity contribution in [2.24, 2.45) is 4.99 Å². The van der Waals surface area contributed by atoms with E-state index in [1.807, 2.05) is 16.8 Å². The molecule has 2 heterocycles. The van der Waals surface area contributed by atoms with E-state index < -0.39 is 0 Å². The number of nitrogens with zero attached hydrogens (tertiary/aromatic N) is 4. The lowest BCUT2D eigenvalue weighted by Gasteiger charge is -2.25. The van der Waals surface area contributed by atoms with E-state index in [1.165, 1.54) is 5.56 Å². The summed E-state index contributed by atoms with van der Waals surface area (Å²) in [6, 6.07) is 8.47. The van der Waals surface area contributed by atoms with Crippen molar-refractivity contribution in [3.8, 4) is 5.75 Å². The number of aliphatic imine (C=N–C) groups is 1. The Morgan fingerprint density at radius 1 is 1.33 bits per heavy atom. The van der Waals surface area contributed by atoms with Crippen LogP contribution in [0, 0.1) is 0 Å². The number of hydrogen-bond donors (Lipinski definition) is 2. The highest BCUT2D eigenvalue weighted by Gasteiger charge is 2.22. The molecule has 1 aliphatic rings. The second kappa shape index (κ2) is 11.0. The minimum Gasteiger partial charge on any atom is -0.491 e. The van der Waals surface area contributed by atoms with E-state index in [4.69, 9.17) is 14.5 Å². The van der Waals surface area contributed by atoms with Crippen LogP contribution in [0.4, 0.5) is 0 Å². The van der Waals surface area contributed by atoms with E-state index in [9.17, 15) is 0 Å². The molecule has 0 saturated heterocycles. The summed E-state index contributed by atoms with van der Waals surface area (Å²) in [5.74, 6) is 3.95. The summed E-state index contributed by atoms with van der Waals surface area (Å²) < 4.78 is 13.1. The first-order valence-electron chi connectivity index (χ1n) is 10.8. The number of ether oxygens (including phenoxy) is 2. The normalized spacial score (nSPS) is 16.4. The first kappa shape index (κ1) is 22.1. The average Bonchev–Trinajstić information content (AvgIpc) is 3.13. The van der Waals surface area contributed by atoms with E-state index in [0.717, 1.165) is 49.3 Å². The molecule has 0 fully saturated rings. The number of nitrogens with one attached hydrogen (secondary N) is 2. The van der Waals surface area contributed by atoms with Gasteiger partial charge in [-0.3, -0.25) is 0 Å². The van der Waals surface area contributed by atoms with E-state index in [-0.39, 0.29) is 6.04 Å². The number of guanidine groups is 1. The largest absolute Gasteiger partial charge is 0.491 e. The maximum Gasteiger partial charge on any atom is 0.191 e. The van der Waals surface area contributed by atoms with Crippen molar-refractivity contribution >= 4 is 5.96 Å². The first-order chi connectivity index (χ1) is 14.6. The molecule has 1 aromatic heterocycles. The molecule has 0 bridgehead atoms. The van der Waals surface area contributed by atoms with Gasteiger partial charge < -0.3 is 20.1 Å². The van der Waals surface area contributed by atoms with Crippen LogP contribution in [0.2, 0.25) is 0 Å². The van der Waals surface area contributed by atoms with Gasteiger partial charge in [-0.15, -0.1) is 0 Å². The monoisotopic (exact) mass is 414 g/mol. The van der Waals surface area contributed by atoms with Crippen LogP contribution in [0.1, 0.15) is 50.3 Å². The van der Waals surface area contributed by atoms with Crippen LogP contribution in [0.5, 0.6) is 5.75 Å². The molecule has 164 valence electrons. The standard InChI is InChI=1S/C22H34N6O2/c1-5-23-22(24-12-13-30-19-9-7-6-8-18(19)16(2)3)25-17-10-11-21-26-20(15-29-4)27-28(21)14-17/h6-9,16-17H,5,10-15H2,1-4H3,(H2,23,24,25). The Hall–Kier alpha value is -2.61. The lowest BCUT2D eigenvalue weighted by atomic mass is 10.0. The summed E-state index contributed by atoms with van der Waals surface area (Å²) in [4.78, 5) is 9.23. The predicted molar refractivity (Wildman–Crippen MR) is 118 cm³/mol. The molecule has 8 heteroatoms. The Morgan fingerprint density at radius 3 is 2.93 bits per heavy atom. The molecule has 0 spiro atoms. The highest BCUT2D eigenvalue weighted by Crippen LogP contribution is 2.25. The zero-order valence-corrected chi connectivity index (χ0v) is 18.5. The third kappa shape index (κ3) is 5.95. The van der Waals surface area contributed by atoms with Gasteiger partial charge in [0.2, 0.25) is 0 Å². The van der Waals surface area contributed by atoms with Crippen molar-refractivity contribution in [1.82, 2.24) is 25.4 Å². The van der Waals surface area contributed by atoms with Crippen molar-refractivity contribution in [3.05, 3.63) is 41.5 Å². The van der Waals surface area contributed by atoms with Gasteiger partial charge in [-0.05, 0) is 30.9 Å². The fraction of sp³-hybridized carbons (Fsp3) is 0.591. The minimum atomic E-state index is 0.259. The number of benzene rings is 1. The number of rotatable bonds is 9. The number of para-hydroxylation sites is 1.